The third kappa shape index (κ3) is 2.51. The normalized spacial score (nSPS) is 14.6. The predicted octanol–water partition coefficient (Wildman–Crippen LogP) is 3.57. The van der Waals surface area contributed by atoms with Gasteiger partial charge in [-0.05, 0) is 18.6 Å². The summed E-state index contributed by atoms with van der Waals surface area (Å²) >= 11 is 0. The van der Waals surface area contributed by atoms with E-state index in [9.17, 15) is 4.79 Å². The summed E-state index contributed by atoms with van der Waals surface area (Å²) in [4.78, 5) is 12.3. The second kappa shape index (κ2) is 5.60. The van der Waals surface area contributed by atoms with Gasteiger partial charge in [-0.2, -0.15) is 0 Å². The quantitative estimate of drug-likeness (QED) is 0.618. The van der Waals surface area contributed by atoms with E-state index in [4.69, 9.17) is 0 Å². The minimum Gasteiger partial charge on any atom is -0.346 e. The fraction of sp³-hybridized carbons (Fsp3) is 0.278. The highest BCUT2D eigenvalue weighted by Gasteiger charge is 2.14. The molecule has 0 bridgehead atoms. The lowest BCUT2D eigenvalue weighted by Crippen LogP contribution is -2.17. The van der Waals surface area contributed by atoms with E-state index in [2.05, 4.69) is 60.1 Å². The second-order valence-electron chi connectivity index (χ2n) is 5.51. The maximum absolute atomic E-state index is 10.5. The predicted molar refractivity (Wildman–Crippen MR) is 87.3 cm³/mol. The van der Waals surface area contributed by atoms with E-state index >= 15 is 0 Å². The van der Waals surface area contributed by atoms with Crippen molar-refractivity contribution in [2.45, 2.75) is 12.8 Å². The molecule has 0 aliphatic carbocycles. The zero-order valence-corrected chi connectivity index (χ0v) is 12.5. The van der Waals surface area contributed by atoms with Crippen molar-refractivity contribution in [3.05, 3.63) is 48.5 Å². The SMILES string of the molecule is CN1CCCC1=O.Cn1c2ccccc2c2ccccc21. The van der Waals surface area contributed by atoms with Gasteiger partial charge in [0, 0.05) is 48.9 Å². The van der Waals surface area contributed by atoms with Crippen LogP contribution in [0.25, 0.3) is 21.8 Å². The van der Waals surface area contributed by atoms with Crippen LogP contribution < -0.4 is 0 Å². The Bertz CT molecular complexity index is 735. The van der Waals surface area contributed by atoms with Crippen molar-refractivity contribution >= 4 is 27.7 Å². The molecule has 1 aromatic heterocycles. The number of para-hydroxylation sites is 2. The molecule has 3 heteroatoms. The second-order valence-corrected chi connectivity index (χ2v) is 5.51. The van der Waals surface area contributed by atoms with E-state index in [1.807, 2.05) is 7.05 Å². The molecule has 2 aromatic carbocycles. The first-order valence-electron chi connectivity index (χ1n) is 7.34. The number of fused-ring (bicyclic) bond motifs is 3. The summed E-state index contributed by atoms with van der Waals surface area (Å²) in [7, 11) is 3.96. The van der Waals surface area contributed by atoms with Crippen LogP contribution in [0.4, 0.5) is 0 Å². The Morgan fingerprint density at radius 1 is 0.857 bits per heavy atom. The van der Waals surface area contributed by atoms with Crippen LogP contribution in [0.5, 0.6) is 0 Å². The molecule has 0 spiro atoms. The molecule has 1 fully saturated rings. The van der Waals surface area contributed by atoms with Gasteiger partial charge in [-0.3, -0.25) is 4.79 Å². The highest BCUT2D eigenvalue weighted by molar-refractivity contribution is 6.07. The summed E-state index contributed by atoms with van der Waals surface area (Å²) in [5, 5.41) is 2.68. The average molecular weight is 280 g/mol. The zero-order valence-electron chi connectivity index (χ0n) is 12.5. The highest BCUT2D eigenvalue weighted by Crippen LogP contribution is 2.26. The largest absolute Gasteiger partial charge is 0.346 e. The van der Waals surface area contributed by atoms with Gasteiger partial charge in [-0.1, -0.05) is 36.4 Å². The Hall–Kier alpha value is -2.29. The monoisotopic (exact) mass is 280 g/mol. The molecule has 1 aliphatic heterocycles. The minimum absolute atomic E-state index is 0.292. The Kier molecular flexibility index (Phi) is 3.65. The van der Waals surface area contributed by atoms with Crippen LogP contribution in [-0.4, -0.2) is 29.0 Å². The third-order valence-corrected chi connectivity index (χ3v) is 4.13. The highest BCUT2D eigenvalue weighted by atomic mass is 16.2. The van der Waals surface area contributed by atoms with E-state index < -0.39 is 0 Å². The minimum atomic E-state index is 0.292. The fourth-order valence-corrected chi connectivity index (χ4v) is 2.90. The van der Waals surface area contributed by atoms with Crippen LogP contribution in [0.15, 0.2) is 48.5 Å². The number of benzene rings is 2. The Morgan fingerprint density at radius 3 is 1.76 bits per heavy atom. The zero-order chi connectivity index (χ0) is 14.8. The molecule has 0 radical (unpaired) electrons. The summed E-state index contributed by atoms with van der Waals surface area (Å²) in [6.45, 7) is 0.957. The molecule has 21 heavy (non-hydrogen) atoms. The maximum atomic E-state index is 10.5. The van der Waals surface area contributed by atoms with E-state index in [0.29, 0.717) is 5.91 Å². The molecule has 3 nitrogen and oxygen atoms in total. The molecule has 1 aliphatic rings. The number of hydrogen-bond donors (Lipinski definition) is 0. The number of amides is 1. The number of rotatable bonds is 0. The molecule has 0 unspecified atom stereocenters. The van der Waals surface area contributed by atoms with E-state index in [1.54, 1.807) is 4.90 Å². The van der Waals surface area contributed by atoms with Crippen LogP contribution in [0, 0.1) is 0 Å². The van der Waals surface area contributed by atoms with Crippen LogP contribution in [0.2, 0.25) is 0 Å². The smallest absolute Gasteiger partial charge is 0.222 e. The molecule has 1 amide bonds. The van der Waals surface area contributed by atoms with Crippen LogP contribution >= 0.6 is 0 Å². The molecule has 0 atom stereocenters. The van der Waals surface area contributed by atoms with E-state index in [-0.39, 0.29) is 0 Å². The van der Waals surface area contributed by atoms with Gasteiger partial charge in [0.15, 0.2) is 0 Å². The fourth-order valence-electron chi connectivity index (χ4n) is 2.90. The molecule has 2 heterocycles. The Labute approximate surface area is 124 Å². The lowest BCUT2D eigenvalue weighted by Gasteiger charge is -2.03. The van der Waals surface area contributed by atoms with Gasteiger partial charge in [0.2, 0.25) is 5.91 Å². The standard InChI is InChI=1S/C13H11N.C5H9NO/c1-14-12-8-4-2-6-10(12)11-7-3-5-9-13(11)14;1-6-4-2-3-5(6)7/h2-9H,1H3;2-4H2,1H3. The molecule has 3 aromatic rings. The first-order chi connectivity index (χ1) is 10.2. The summed E-state index contributed by atoms with van der Waals surface area (Å²) in [6.07, 6.45) is 1.81. The number of aromatic nitrogens is 1. The molecule has 108 valence electrons. The van der Waals surface area contributed by atoms with Crippen molar-refractivity contribution in [3.8, 4) is 0 Å². The van der Waals surface area contributed by atoms with Crippen LogP contribution in [0.3, 0.4) is 0 Å². The molecule has 0 saturated carbocycles. The van der Waals surface area contributed by atoms with Gasteiger partial charge < -0.3 is 9.47 Å². The number of hydrogen-bond acceptors (Lipinski definition) is 1. The van der Waals surface area contributed by atoms with Crippen molar-refractivity contribution in [1.29, 1.82) is 0 Å². The van der Waals surface area contributed by atoms with Gasteiger partial charge >= 0.3 is 0 Å². The topological polar surface area (TPSA) is 25.2 Å². The molecular formula is C18H20N2O. The molecule has 0 N–H and O–H groups in total. The Balaban J connectivity index is 0.000000160. The first-order valence-corrected chi connectivity index (χ1v) is 7.34. The van der Waals surface area contributed by atoms with Gasteiger partial charge in [0.05, 0.1) is 0 Å². The van der Waals surface area contributed by atoms with E-state index in [0.717, 1.165) is 19.4 Å². The van der Waals surface area contributed by atoms with Crippen molar-refractivity contribution < 1.29 is 4.79 Å². The maximum Gasteiger partial charge on any atom is 0.222 e. The third-order valence-electron chi connectivity index (χ3n) is 4.13. The average Bonchev–Trinajstić information content (AvgIpc) is 3.03. The molecule has 4 rings (SSSR count). The summed E-state index contributed by atoms with van der Waals surface area (Å²) in [6, 6.07) is 17.0. The van der Waals surface area contributed by atoms with Crippen LogP contribution in [0.1, 0.15) is 12.8 Å². The van der Waals surface area contributed by atoms with Gasteiger partial charge in [-0.15, -0.1) is 0 Å². The van der Waals surface area contributed by atoms with Crippen LogP contribution in [-0.2, 0) is 11.8 Å². The number of carbonyl (C=O) groups is 1. The summed E-state index contributed by atoms with van der Waals surface area (Å²) in [5.74, 6) is 0.292. The first kappa shape index (κ1) is 13.7. The molecular weight excluding hydrogens is 260 g/mol. The lowest BCUT2D eigenvalue weighted by molar-refractivity contribution is -0.126. The van der Waals surface area contributed by atoms with Gasteiger partial charge in [0.1, 0.15) is 0 Å². The van der Waals surface area contributed by atoms with Crippen molar-refractivity contribution in [3.63, 3.8) is 0 Å². The number of aryl methyl sites for hydroxylation is 1. The van der Waals surface area contributed by atoms with Crippen molar-refractivity contribution in [2.75, 3.05) is 13.6 Å². The number of nitrogens with zero attached hydrogens (tertiary/aromatic N) is 2. The van der Waals surface area contributed by atoms with Gasteiger partial charge in [0.25, 0.3) is 0 Å². The summed E-state index contributed by atoms with van der Waals surface area (Å²) < 4.78 is 2.24. The van der Waals surface area contributed by atoms with Gasteiger partial charge in [-0.25, -0.2) is 0 Å². The lowest BCUT2D eigenvalue weighted by atomic mass is 10.2. The van der Waals surface area contributed by atoms with Crippen molar-refractivity contribution in [2.24, 2.45) is 7.05 Å². The Morgan fingerprint density at radius 2 is 1.38 bits per heavy atom. The summed E-state index contributed by atoms with van der Waals surface area (Å²) in [5.41, 5.74) is 2.60. The number of carbonyl (C=O) groups excluding carboxylic acids is 1. The number of likely N-dealkylation sites (tertiary alicyclic amines) is 1. The molecule has 1 saturated heterocycles. The van der Waals surface area contributed by atoms with Crippen molar-refractivity contribution in [1.82, 2.24) is 9.47 Å². The van der Waals surface area contributed by atoms with E-state index in [1.165, 1.54) is 21.8 Å².